The topological polar surface area (TPSA) is 0 Å². The van der Waals surface area contributed by atoms with Crippen LogP contribution in [0.25, 0.3) is 33.0 Å². The van der Waals surface area contributed by atoms with E-state index in [1.807, 2.05) is 25.1 Å². The number of benzene rings is 4. The summed E-state index contributed by atoms with van der Waals surface area (Å²) < 4.78 is 56.7. The third kappa shape index (κ3) is 3.73. The third-order valence-electron chi connectivity index (χ3n) is 5.12. The lowest BCUT2D eigenvalue weighted by Crippen LogP contribution is -1.92. The molecule has 4 aromatic rings. The van der Waals surface area contributed by atoms with E-state index in [9.17, 15) is 17.6 Å². The van der Waals surface area contributed by atoms with Crippen molar-refractivity contribution in [2.24, 2.45) is 0 Å². The number of rotatable bonds is 4. The highest BCUT2D eigenvalue weighted by Crippen LogP contribution is 2.32. The van der Waals surface area contributed by atoms with E-state index in [-0.39, 0.29) is 5.39 Å². The van der Waals surface area contributed by atoms with Crippen LogP contribution >= 0.6 is 0 Å². The van der Waals surface area contributed by atoms with E-state index in [2.05, 4.69) is 0 Å². The Hall–Kier alpha value is -3.40. The van der Waals surface area contributed by atoms with Gasteiger partial charge in [0.1, 0.15) is 11.6 Å². The molecule has 0 bridgehead atoms. The quantitative estimate of drug-likeness (QED) is 0.239. The van der Waals surface area contributed by atoms with Gasteiger partial charge in [-0.25, -0.2) is 17.6 Å². The van der Waals surface area contributed by atoms with Crippen LogP contribution in [0.5, 0.6) is 0 Å². The number of hydrogen-bond donors (Lipinski definition) is 0. The molecule has 0 spiro atoms. The summed E-state index contributed by atoms with van der Waals surface area (Å²) in [6.07, 6.45) is 4.47. The van der Waals surface area contributed by atoms with Gasteiger partial charge >= 0.3 is 0 Å². The van der Waals surface area contributed by atoms with Crippen LogP contribution in [0.4, 0.5) is 17.6 Å². The first-order chi connectivity index (χ1) is 14.5. The van der Waals surface area contributed by atoms with E-state index >= 15 is 0 Å². The molecule has 0 aliphatic heterocycles. The van der Waals surface area contributed by atoms with Crippen molar-refractivity contribution in [2.75, 3.05) is 0 Å². The van der Waals surface area contributed by atoms with Crippen molar-refractivity contribution in [3.05, 3.63) is 108 Å². The van der Waals surface area contributed by atoms with Crippen molar-refractivity contribution in [3.63, 3.8) is 0 Å². The molecule has 0 aliphatic carbocycles. The molecule has 0 saturated heterocycles. The largest absolute Gasteiger partial charge is 0.206 e. The highest BCUT2D eigenvalue weighted by molar-refractivity contribution is 5.88. The highest BCUT2D eigenvalue weighted by Gasteiger charge is 2.13. The molecule has 0 unspecified atom stereocenters. The molecule has 4 aromatic carbocycles. The molecule has 0 amide bonds. The lowest BCUT2D eigenvalue weighted by Gasteiger charge is -2.10. The van der Waals surface area contributed by atoms with E-state index in [4.69, 9.17) is 0 Å². The maximum absolute atomic E-state index is 14.9. The standard InChI is InChI=1S/C26H18F4/c1-2-3-4-16-5-9-20(24(28)13-16)19-6-10-21(25(29)15-19)17-7-11-22-18(14-17)8-12-23(27)26(22)30/h2-3,5-15H,4H2,1H3. The summed E-state index contributed by atoms with van der Waals surface area (Å²) in [5, 5.41) is 0.605. The van der Waals surface area contributed by atoms with Gasteiger partial charge in [0, 0.05) is 16.5 Å². The Kier molecular flexibility index (Phi) is 5.40. The lowest BCUT2D eigenvalue weighted by molar-refractivity contribution is 0.517. The molecule has 0 radical (unpaired) electrons. The normalized spacial score (nSPS) is 11.5. The smallest absolute Gasteiger partial charge is 0.166 e. The van der Waals surface area contributed by atoms with Crippen LogP contribution in [0.3, 0.4) is 0 Å². The molecule has 30 heavy (non-hydrogen) atoms. The number of hydrogen-bond acceptors (Lipinski definition) is 0. The van der Waals surface area contributed by atoms with Crippen LogP contribution in [-0.4, -0.2) is 0 Å². The monoisotopic (exact) mass is 406 g/mol. The van der Waals surface area contributed by atoms with E-state index < -0.39 is 23.3 Å². The van der Waals surface area contributed by atoms with Gasteiger partial charge in [-0.3, -0.25) is 0 Å². The highest BCUT2D eigenvalue weighted by atomic mass is 19.2. The minimum absolute atomic E-state index is 0.135. The van der Waals surface area contributed by atoms with Gasteiger partial charge in [-0.2, -0.15) is 0 Å². The second kappa shape index (κ2) is 8.15. The molecule has 0 N–H and O–H groups in total. The average molecular weight is 406 g/mol. The Morgan fingerprint density at radius 3 is 2.03 bits per heavy atom. The van der Waals surface area contributed by atoms with Crippen LogP contribution in [0.2, 0.25) is 0 Å². The Labute approximate surface area is 172 Å². The van der Waals surface area contributed by atoms with Gasteiger partial charge in [-0.1, -0.05) is 54.6 Å². The van der Waals surface area contributed by atoms with Gasteiger partial charge in [-0.15, -0.1) is 0 Å². The van der Waals surface area contributed by atoms with Crippen LogP contribution in [-0.2, 0) is 6.42 Å². The molecule has 0 nitrogen and oxygen atoms in total. The van der Waals surface area contributed by atoms with Crippen molar-refractivity contribution < 1.29 is 17.6 Å². The van der Waals surface area contributed by atoms with Gasteiger partial charge < -0.3 is 0 Å². The summed E-state index contributed by atoms with van der Waals surface area (Å²) in [7, 11) is 0. The molecule has 150 valence electrons. The van der Waals surface area contributed by atoms with E-state index in [0.29, 0.717) is 34.1 Å². The zero-order chi connectivity index (χ0) is 21.3. The number of allylic oxidation sites excluding steroid dienone is 2. The summed E-state index contributed by atoms with van der Waals surface area (Å²) in [4.78, 5) is 0. The maximum Gasteiger partial charge on any atom is 0.166 e. The van der Waals surface area contributed by atoms with Crippen LogP contribution in [0.15, 0.2) is 78.9 Å². The minimum atomic E-state index is -0.928. The summed E-state index contributed by atoms with van der Waals surface area (Å²) in [6.45, 7) is 1.90. The fourth-order valence-corrected chi connectivity index (χ4v) is 3.52. The third-order valence-corrected chi connectivity index (χ3v) is 5.12. The first kappa shape index (κ1) is 19.9. The Morgan fingerprint density at radius 1 is 0.667 bits per heavy atom. The zero-order valence-electron chi connectivity index (χ0n) is 16.2. The fourth-order valence-electron chi connectivity index (χ4n) is 3.52. The molecule has 0 aliphatic rings. The molecule has 0 aromatic heterocycles. The lowest BCUT2D eigenvalue weighted by atomic mass is 9.96. The van der Waals surface area contributed by atoms with Gasteiger partial charge in [0.05, 0.1) is 0 Å². The van der Waals surface area contributed by atoms with Crippen LogP contribution in [0.1, 0.15) is 12.5 Å². The van der Waals surface area contributed by atoms with Crippen molar-refractivity contribution in [1.82, 2.24) is 0 Å². The predicted octanol–water partition coefficient (Wildman–Crippen LogP) is 7.85. The molecule has 4 rings (SSSR count). The Balaban J connectivity index is 1.70. The molecule has 0 saturated carbocycles. The van der Waals surface area contributed by atoms with E-state index in [0.717, 1.165) is 11.6 Å². The Morgan fingerprint density at radius 2 is 1.33 bits per heavy atom. The summed E-state index contributed by atoms with van der Waals surface area (Å²) >= 11 is 0. The molecular weight excluding hydrogens is 388 g/mol. The minimum Gasteiger partial charge on any atom is -0.206 e. The SMILES string of the molecule is CC=CCc1ccc(-c2ccc(-c3ccc4c(F)c(F)ccc4c3)c(F)c2)c(F)c1. The summed E-state index contributed by atoms with van der Waals surface area (Å²) in [5.74, 6) is -2.79. The van der Waals surface area contributed by atoms with Crippen LogP contribution in [0, 0.1) is 23.3 Å². The van der Waals surface area contributed by atoms with Gasteiger partial charge in [0.25, 0.3) is 0 Å². The first-order valence-corrected chi connectivity index (χ1v) is 9.55. The van der Waals surface area contributed by atoms with Crippen molar-refractivity contribution in [1.29, 1.82) is 0 Å². The zero-order valence-corrected chi connectivity index (χ0v) is 16.2. The van der Waals surface area contributed by atoms with Gasteiger partial charge in [0.15, 0.2) is 11.6 Å². The van der Waals surface area contributed by atoms with E-state index in [1.165, 1.54) is 24.3 Å². The van der Waals surface area contributed by atoms with E-state index in [1.54, 1.807) is 30.3 Å². The van der Waals surface area contributed by atoms with Gasteiger partial charge in [-0.05, 0) is 59.7 Å². The van der Waals surface area contributed by atoms with Crippen molar-refractivity contribution >= 4 is 10.8 Å². The first-order valence-electron chi connectivity index (χ1n) is 9.55. The molecule has 0 heterocycles. The van der Waals surface area contributed by atoms with Crippen molar-refractivity contribution in [3.8, 4) is 22.3 Å². The second-order valence-corrected chi connectivity index (χ2v) is 7.08. The summed E-state index contributed by atoms with van der Waals surface area (Å²) in [5.41, 5.74) is 2.42. The number of halogens is 4. The second-order valence-electron chi connectivity index (χ2n) is 7.08. The molecule has 0 atom stereocenters. The fraction of sp³-hybridized carbons (Fsp3) is 0.0769. The number of fused-ring (bicyclic) bond motifs is 1. The van der Waals surface area contributed by atoms with Crippen molar-refractivity contribution in [2.45, 2.75) is 13.3 Å². The van der Waals surface area contributed by atoms with Crippen LogP contribution < -0.4 is 0 Å². The molecule has 4 heteroatoms. The average Bonchev–Trinajstić information content (AvgIpc) is 2.74. The molecule has 0 fully saturated rings. The Bertz CT molecular complexity index is 1270. The van der Waals surface area contributed by atoms with Gasteiger partial charge in [0.2, 0.25) is 0 Å². The maximum atomic E-state index is 14.9. The molecular formula is C26H18F4. The summed E-state index contributed by atoms with van der Waals surface area (Å²) in [6, 6.07) is 16.5. The predicted molar refractivity (Wildman–Crippen MR) is 113 cm³/mol.